The largest absolute Gasteiger partial charge is 0.349 e. The van der Waals surface area contributed by atoms with E-state index >= 15 is 0 Å². The third-order valence-corrected chi connectivity index (χ3v) is 10.4. The topological polar surface area (TPSA) is 58.2 Å². The van der Waals surface area contributed by atoms with Crippen LogP contribution in [0.15, 0.2) is 72.8 Å². The smallest absolute Gasteiger partial charge is 0.261 e. The van der Waals surface area contributed by atoms with Crippen LogP contribution in [-0.2, 0) is 12.8 Å². The predicted octanol–water partition coefficient (Wildman–Crippen LogP) is 9.02. The number of hydrogen-bond acceptors (Lipinski definition) is 4. The molecule has 6 heteroatoms. The molecule has 2 aromatic carbocycles. The highest BCUT2D eigenvalue weighted by atomic mass is 32.1. The van der Waals surface area contributed by atoms with Gasteiger partial charge >= 0.3 is 0 Å². The molecule has 43 heavy (non-hydrogen) atoms. The van der Waals surface area contributed by atoms with E-state index in [4.69, 9.17) is 0 Å². The first-order valence-corrected chi connectivity index (χ1v) is 17.0. The van der Waals surface area contributed by atoms with Gasteiger partial charge in [-0.2, -0.15) is 0 Å². The molecular formula is C37H42N2O2S2. The fourth-order valence-electron chi connectivity index (χ4n) is 5.92. The minimum atomic E-state index is 0.00659. The van der Waals surface area contributed by atoms with E-state index in [2.05, 4.69) is 99.0 Å². The highest BCUT2D eigenvalue weighted by Gasteiger charge is 2.25. The van der Waals surface area contributed by atoms with Gasteiger partial charge in [-0.15, -0.1) is 22.7 Å². The summed E-state index contributed by atoms with van der Waals surface area (Å²) in [5.74, 6) is 0.0132. The molecule has 0 saturated carbocycles. The molecule has 2 atom stereocenters. The second kappa shape index (κ2) is 14.3. The van der Waals surface area contributed by atoms with Gasteiger partial charge in [-0.25, -0.2) is 0 Å². The van der Waals surface area contributed by atoms with E-state index in [1.54, 1.807) is 22.7 Å². The van der Waals surface area contributed by atoms with Gasteiger partial charge in [0.2, 0.25) is 0 Å². The zero-order valence-electron chi connectivity index (χ0n) is 25.7. The van der Waals surface area contributed by atoms with Crippen molar-refractivity contribution in [2.75, 3.05) is 0 Å². The lowest BCUT2D eigenvalue weighted by Crippen LogP contribution is -2.32. The Morgan fingerprint density at radius 2 is 1.07 bits per heavy atom. The van der Waals surface area contributed by atoms with Crippen LogP contribution in [0.3, 0.4) is 0 Å². The van der Waals surface area contributed by atoms with Crippen molar-refractivity contribution in [2.24, 2.45) is 0 Å². The molecule has 0 saturated heterocycles. The van der Waals surface area contributed by atoms with Crippen LogP contribution in [0.4, 0.5) is 0 Å². The van der Waals surface area contributed by atoms with E-state index in [9.17, 15) is 9.59 Å². The number of amides is 2. The molecule has 1 aliphatic rings. The number of carbonyl (C=O) groups is 2. The van der Waals surface area contributed by atoms with Crippen molar-refractivity contribution in [3.05, 3.63) is 115 Å². The normalized spacial score (nSPS) is 14.5. The van der Waals surface area contributed by atoms with E-state index in [1.807, 2.05) is 12.1 Å². The van der Waals surface area contributed by atoms with Crippen LogP contribution in [0, 0.1) is 13.8 Å². The molecule has 2 aromatic heterocycles. The third kappa shape index (κ3) is 7.92. The molecule has 2 amide bonds. The standard InChI is InChI=1S/C37H42N2O2S2/c1-24(18-20-28-12-7-5-8-13-28)38-36(40)34-22-32(26(3)42-34)30-16-11-17-31(30)33-23-35(43-27(33)4)37(41)39-25(2)19-21-29-14-9-6-10-15-29/h5-10,12-15,22-25H,11,16-21H2,1-4H3,(H,38,40)(H,39,41)/t24-,25-/m1/s1. The zero-order chi connectivity index (χ0) is 30.3. The van der Waals surface area contributed by atoms with Crippen LogP contribution in [0.5, 0.6) is 0 Å². The Balaban J connectivity index is 1.25. The quantitative estimate of drug-likeness (QED) is 0.168. The van der Waals surface area contributed by atoms with Crippen molar-refractivity contribution in [1.82, 2.24) is 10.6 Å². The summed E-state index contributed by atoms with van der Waals surface area (Å²) in [6, 6.07) is 25.2. The second-order valence-corrected chi connectivity index (χ2v) is 14.3. The van der Waals surface area contributed by atoms with Gasteiger partial charge in [0.1, 0.15) is 0 Å². The number of allylic oxidation sites excluding steroid dienone is 2. The number of rotatable bonds is 12. The SMILES string of the molecule is Cc1sc(C(=O)N[C@H](C)CCc2ccccc2)cc1C1=C(c2cc(C(=O)N[C@H](C)CCc3ccccc3)sc2C)CCC1. The summed E-state index contributed by atoms with van der Waals surface area (Å²) in [6.07, 6.45) is 6.78. The van der Waals surface area contributed by atoms with E-state index < -0.39 is 0 Å². The minimum Gasteiger partial charge on any atom is -0.349 e. The van der Waals surface area contributed by atoms with Crippen LogP contribution in [-0.4, -0.2) is 23.9 Å². The molecule has 224 valence electrons. The molecule has 5 rings (SSSR count). The van der Waals surface area contributed by atoms with Gasteiger partial charge < -0.3 is 10.6 Å². The number of carbonyl (C=O) groups excluding carboxylic acids is 2. The zero-order valence-corrected chi connectivity index (χ0v) is 27.3. The average molecular weight is 611 g/mol. The molecule has 0 spiro atoms. The maximum Gasteiger partial charge on any atom is 0.261 e. The highest BCUT2D eigenvalue weighted by molar-refractivity contribution is 7.14. The summed E-state index contributed by atoms with van der Waals surface area (Å²) in [4.78, 5) is 30.3. The fourth-order valence-corrected chi connectivity index (χ4v) is 7.82. The summed E-state index contributed by atoms with van der Waals surface area (Å²) in [7, 11) is 0. The Bertz CT molecular complexity index is 1470. The average Bonchev–Trinajstić information content (AvgIpc) is 3.74. The lowest BCUT2D eigenvalue weighted by molar-refractivity contribution is 0.0934. The molecule has 2 N–H and O–H groups in total. The van der Waals surface area contributed by atoms with Crippen molar-refractivity contribution >= 4 is 45.6 Å². The monoisotopic (exact) mass is 610 g/mol. The maximum absolute atomic E-state index is 13.2. The van der Waals surface area contributed by atoms with Crippen LogP contribution in [0.25, 0.3) is 11.1 Å². The first kappa shape index (κ1) is 31.0. The molecule has 4 nitrogen and oxygen atoms in total. The van der Waals surface area contributed by atoms with Crippen molar-refractivity contribution < 1.29 is 9.59 Å². The highest BCUT2D eigenvalue weighted by Crippen LogP contribution is 2.45. The third-order valence-electron chi connectivity index (χ3n) is 8.32. The lowest BCUT2D eigenvalue weighted by Gasteiger charge is -2.13. The van der Waals surface area contributed by atoms with Gasteiger partial charge in [0.15, 0.2) is 0 Å². The van der Waals surface area contributed by atoms with Gasteiger partial charge in [-0.1, -0.05) is 60.7 Å². The fraction of sp³-hybridized carbons (Fsp3) is 0.351. The molecule has 0 radical (unpaired) electrons. The summed E-state index contributed by atoms with van der Waals surface area (Å²) in [5, 5.41) is 6.42. The first-order chi connectivity index (χ1) is 20.8. The molecule has 0 aliphatic heterocycles. The van der Waals surface area contributed by atoms with E-state index in [-0.39, 0.29) is 23.9 Å². The molecule has 0 fully saturated rings. The second-order valence-electron chi connectivity index (χ2n) is 11.8. The summed E-state index contributed by atoms with van der Waals surface area (Å²) in [6.45, 7) is 8.40. The molecule has 4 aromatic rings. The molecule has 0 bridgehead atoms. The number of nitrogens with one attached hydrogen (secondary N) is 2. The Morgan fingerprint density at radius 3 is 1.47 bits per heavy atom. The van der Waals surface area contributed by atoms with Gasteiger partial charge in [-0.05, 0) is 118 Å². The number of thiophene rings is 2. The van der Waals surface area contributed by atoms with Crippen LogP contribution in [0.2, 0.25) is 0 Å². The number of hydrogen-bond donors (Lipinski definition) is 2. The van der Waals surface area contributed by atoms with Gasteiger partial charge in [-0.3, -0.25) is 9.59 Å². The van der Waals surface area contributed by atoms with E-state index in [1.165, 1.54) is 43.2 Å². The molecule has 2 heterocycles. The van der Waals surface area contributed by atoms with Crippen molar-refractivity contribution in [3.8, 4) is 0 Å². The van der Waals surface area contributed by atoms with Crippen LogP contribution >= 0.6 is 22.7 Å². The maximum atomic E-state index is 13.2. The van der Waals surface area contributed by atoms with Crippen molar-refractivity contribution in [2.45, 2.75) is 84.7 Å². The first-order valence-electron chi connectivity index (χ1n) is 15.4. The van der Waals surface area contributed by atoms with Gasteiger partial charge in [0.25, 0.3) is 11.8 Å². The van der Waals surface area contributed by atoms with Crippen LogP contribution in [0.1, 0.15) is 97.3 Å². The van der Waals surface area contributed by atoms with Gasteiger partial charge in [0.05, 0.1) is 9.75 Å². The Labute approximate surface area is 264 Å². The molecule has 1 aliphatic carbocycles. The number of benzene rings is 2. The summed E-state index contributed by atoms with van der Waals surface area (Å²) < 4.78 is 0. The summed E-state index contributed by atoms with van der Waals surface area (Å²) in [5.41, 5.74) is 7.61. The molecule has 0 unspecified atom stereocenters. The van der Waals surface area contributed by atoms with Gasteiger partial charge in [0, 0.05) is 21.8 Å². The van der Waals surface area contributed by atoms with Crippen molar-refractivity contribution in [1.29, 1.82) is 0 Å². The van der Waals surface area contributed by atoms with Crippen LogP contribution < -0.4 is 10.6 Å². The molecular weight excluding hydrogens is 569 g/mol. The minimum absolute atomic E-state index is 0.00659. The number of aryl methyl sites for hydroxylation is 4. The predicted molar refractivity (Wildman–Crippen MR) is 182 cm³/mol. The van der Waals surface area contributed by atoms with E-state index in [0.29, 0.717) is 0 Å². The summed E-state index contributed by atoms with van der Waals surface area (Å²) >= 11 is 3.16. The Morgan fingerprint density at radius 1 is 0.674 bits per heavy atom. The van der Waals surface area contributed by atoms with Crippen molar-refractivity contribution in [3.63, 3.8) is 0 Å². The van der Waals surface area contributed by atoms with E-state index in [0.717, 1.165) is 54.7 Å². The Hall–Kier alpha value is -3.48. The lowest BCUT2D eigenvalue weighted by atomic mass is 9.97. The Kier molecular flexibility index (Phi) is 10.3.